The van der Waals surface area contributed by atoms with E-state index in [1.807, 2.05) is 0 Å². The molecule has 1 aliphatic rings. The molecule has 0 unspecified atom stereocenters. The molecule has 0 N–H and O–H groups in total. The van der Waals surface area contributed by atoms with Crippen molar-refractivity contribution < 1.29 is 26.4 Å². The van der Waals surface area contributed by atoms with Crippen LogP contribution in [-0.4, -0.2) is 38.3 Å². The van der Waals surface area contributed by atoms with Crippen molar-refractivity contribution in [1.29, 1.82) is 0 Å². The number of aryl methyl sites for hydroxylation is 1. The van der Waals surface area contributed by atoms with Gasteiger partial charge in [-0.25, -0.2) is 8.42 Å². The number of hydrogen-bond donors (Lipinski definition) is 0. The Morgan fingerprint density at radius 2 is 1.83 bits per heavy atom. The second kappa shape index (κ2) is 8.03. The summed E-state index contributed by atoms with van der Waals surface area (Å²) in [5.74, 6) is -0.528. The summed E-state index contributed by atoms with van der Waals surface area (Å²) < 4.78 is 66.2. The van der Waals surface area contributed by atoms with Crippen molar-refractivity contribution in [3.63, 3.8) is 0 Å². The molecule has 1 aliphatic heterocycles. The van der Waals surface area contributed by atoms with E-state index < -0.39 is 27.7 Å². The third-order valence-electron chi connectivity index (χ3n) is 5.26. The minimum Gasteiger partial charge on any atom is -0.308 e. The molecule has 162 valence electrons. The predicted octanol–water partition coefficient (Wildman–Crippen LogP) is 4.33. The Kier molecular flexibility index (Phi) is 5.97. The predicted molar refractivity (Wildman–Crippen MR) is 108 cm³/mol. The summed E-state index contributed by atoms with van der Waals surface area (Å²) in [6.45, 7) is 3.72. The zero-order valence-corrected chi connectivity index (χ0v) is 17.7. The first-order valence-corrected chi connectivity index (χ1v) is 11.0. The summed E-state index contributed by atoms with van der Waals surface area (Å²) in [5.41, 5.74) is 0.161. The Balaban J connectivity index is 2.00. The van der Waals surface area contributed by atoms with Crippen molar-refractivity contribution in [3.8, 4) is 0 Å². The molecule has 1 amide bonds. The lowest BCUT2D eigenvalue weighted by Crippen LogP contribution is -2.36. The van der Waals surface area contributed by atoms with E-state index in [-0.39, 0.29) is 28.7 Å². The molecular formula is C21H23F3N2O3S. The number of amides is 1. The molecule has 2 aromatic rings. The monoisotopic (exact) mass is 440 g/mol. The minimum absolute atomic E-state index is 0.0363. The van der Waals surface area contributed by atoms with Crippen LogP contribution < -0.4 is 4.90 Å². The van der Waals surface area contributed by atoms with Crippen molar-refractivity contribution in [2.24, 2.45) is 0 Å². The Bertz CT molecular complexity index is 1070. The first kappa shape index (κ1) is 22.3. The van der Waals surface area contributed by atoms with Gasteiger partial charge in [0.25, 0.3) is 5.91 Å². The highest BCUT2D eigenvalue weighted by Gasteiger charge is 2.33. The van der Waals surface area contributed by atoms with Gasteiger partial charge in [0, 0.05) is 30.9 Å². The average Bonchev–Trinajstić information content (AvgIpc) is 2.71. The molecule has 0 saturated carbocycles. The summed E-state index contributed by atoms with van der Waals surface area (Å²) in [6, 6.07) is 8.74. The highest BCUT2D eigenvalue weighted by Crippen LogP contribution is 2.36. The molecule has 0 saturated heterocycles. The molecule has 30 heavy (non-hydrogen) atoms. The van der Waals surface area contributed by atoms with E-state index in [4.69, 9.17) is 0 Å². The third-order valence-corrected chi connectivity index (χ3v) is 7.29. The first-order valence-electron chi connectivity index (χ1n) is 9.53. The third kappa shape index (κ3) is 4.22. The number of carbonyl (C=O) groups is 1. The first-order chi connectivity index (χ1) is 13.9. The molecule has 2 aromatic carbocycles. The second-order valence-corrected chi connectivity index (χ2v) is 9.54. The molecule has 3 rings (SSSR count). The fourth-order valence-electron chi connectivity index (χ4n) is 3.35. The Hall–Kier alpha value is -2.39. The molecular weight excluding hydrogens is 417 g/mol. The van der Waals surface area contributed by atoms with Crippen LogP contribution in [0.5, 0.6) is 0 Å². The maximum atomic E-state index is 13.2. The summed E-state index contributed by atoms with van der Waals surface area (Å²) in [4.78, 5) is 14.4. The van der Waals surface area contributed by atoms with Crippen LogP contribution in [0, 0.1) is 0 Å². The highest BCUT2D eigenvalue weighted by molar-refractivity contribution is 7.89. The van der Waals surface area contributed by atoms with Gasteiger partial charge in [-0.2, -0.15) is 17.5 Å². The molecule has 1 heterocycles. The smallest absolute Gasteiger partial charge is 0.308 e. The van der Waals surface area contributed by atoms with Crippen LogP contribution in [-0.2, 0) is 22.6 Å². The Morgan fingerprint density at radius 1 is 1.13 bits per heavy atom. The van der Waals surface area contributed by atoms with Gasteiger partial charge in [0.2, 0.25) is 10.0 Å². The van der Waals surface area contributed by atoms with Crippen LogP contribution in [0.2, 0.25) is 0 Å². The normalized spacial score (nSPS) is 14.9. The summed E-state index contributed by atoms with van der Waals surface area (Å²) >= 11 is 0. The number of halogens is 3. The van der Waals surface area contributed by atoms with Crippen LogP contribution in [0.15, 0.2) is 47.4 Å². The summed E-state index contributed by atoms with van der Waals surface area (Å²) in [5, 5.41) is 0. The van der Waals surface area contributed by atoms with Gasteiger partial charge in [-0.3, -0.25) is 4.79 Å². The van der Waals surface area contributed by atoms with E-state index in [0.717, 1.165) is 12.1 Å². The van der Waals surface area contributed by atoms with Gasteiger partial charge in [-0.15, -0.1) is 0 Å². The molecule has 5 nitrogen and oxygen atoms in total. The van der Waals surface area contributed by atoms with Crippen molar-refractivity contribution in [2.75, 3.05) is 18.5 Å². The SMILES string of the molecule is CC(C)N(C)S(=O)(=O)c1cccc(C(=O)N2CCCc3ccc(C(F)(F)F)cc32)c1. The average molecular weight is 440 g/mol. The van der Waals surface area contributed by atoms with E-state index >= 15 is 0 Å². The van der Waals surface area contributed by atoms with E-state index in [2.05, 4.69) is 0 Å². The van der Waals surface area contributed by atoms with E-state index in [9.17, 15) is 26.4 Å². The number of anilines is 1. The van der Waals surface area contributed by atoms with E-state index in [0.29, 0.717) is 18.4 Å². The van der Waals surface area contributed by atoms with Gasteiger partial charge in [-0.05, 0) is 62.6 Å². The number of alkyl halides is 3. The van der Waals surface area contributed by atoms with Crippen molar-refractivity contribution in [1.82, 2.24) is 4.31 Å². The topological polar surface area (TPSA) is 57.7 Å². The number of carbonyl (C=O) groups excluding carboxylic acids is 1. The zero-order chi connectivity index (χ0) is 22.3. The van der Waals surface area contributed by atoms with Gasteiger partial charge in [0.15, 0.2) is 0 Å². The van der Waals surface area contributed by atoms with Gasteiger partial charge >= 0.3 is 6.18 Å². The van der Waals surface area contributed by atoms with Gasteiger partial charge in [-0.1, -0.05) is 12.1 Å². The molecule has 9 heteroatoms. The van der Waals surface area contributed by atoms with E-state index in [1.54, 1.807) is 13.8 Å². The zero-order valence-electron chi connectivity index (χ0n) is 16.9. The van der Waals surface area contributed by atoms with Crippen LogP contribution in [0.25, 0.3) is 0 Å². The summed E-state index contributed by atoms with van der Waals surface area (Å²) in [6.07, 6.45) is -3.33. The molecule has 0 fully saturated rings. The maximum Gasteiger partial charge on any atom is 0.416 e. The minimum atomic E-state index is -4.52. The largest absolute Gasteiger partial charge is 0.416 e. The van der Waals surface area contributed by atoms with Crippen molar-refractivity contribution in [3.05, 3.63) is 59.2 Å². The lowest BCUT2D eigenvalue weighted by molar-refractivity contribution is -0.137. The fourth-order valence-corrected chi connectivity index (χ4v) is 4.77. The number of fused-ring (bicyclic) bond motifs is 1. The molecule has 0 bridgehead atoms. The van der Waals surface area contributed by atoms with Gasteiger partial charge < -0.3 is 4.90 Å². The number of rotatable bonds is 4. The number of hydrogen-bond acceptors (Lipinski definition) is 3. The Labute approximate surface area is 174 Å². The molecule has 0 spiro atoms. The standard InChI is InChI=1S/C21H23F3N2O3S/c1-14(2)25(3)30(28,29)18-8-4-6-16(12-18)20(27)26-11-5-7-15-9-10-17(13-19(15)26)21(22,23)24/h4,6,8-10,12-14H,5,7,11H2,1-3H3. The number of nitrogens with zero attached hydrogens (tertiary/aromatic N) is 2. The molecule has 0 aromatic heterocycles. The van der Waals surface area contributed by atoms with Crippen LogP contribution >= 0.6 is 0 Å². The summed E-state index contributed by atoms with van der Waals surface area (Å²) in [7, 11) is -2.35. The van der Waals surface area contributed by atoms with E-state index in [1.165, 1.54) is 46.6 Å². The molecule has 0 aliphatic carbocycles. The second-order valence-electron chi connectivity index (χ2n) is 7.54. The van der Waals surface area contributed by atoms with Crippen LogP contribution in [0.1, 0.15) is 41.8 Å². The van der Waals surface area contributed by atoms with Gasteiger partial charge in [0.1, 0.15) is 0 Å². The maximum absolute atomic E-state index is 13.2. The molecule has 0 atom stereocenters. The Morgan fingerprint density at radius 3 is 2.47 bits per heavy atom. The van der Waals surface area contributed by atoms with Gasteiger partial charge in [0.05, 0.1) is 10.5 Å². The lowest BCUT2D eigenvalue weighted by Gasteiger charge is -2.30. The van der Waals surface area contributed by atoms with Crippen molar-refractivity contribution in [2.45, 2.75) is 43.8 Å². The fraction of sp³-hybridized carbons (Fsp3) is 0.381. The van der Waals surface area contributed by atoms with Crippen molar-refractivity contribution >= 4 is 21.6 Å². The lowest BCUT2D eigenvalue weighted by atomic mass is 9.98. The number of sulfonamides is 1. The molecule has 0 radical (unpaired) electrons. The van der Waals surface area contributed by atoms with Crippen LogP contribution in [0.4, 0.5) is 18.9 Å². The van der Waals surface area contributed by atoms with Crippen LogP contribution in [0.3, 0.4) is 0 Å². The number of benzene rings is 2. The highest BCUT2D eigenvalue weighted by atomic mass is 32.2. The quantitative estimate of drug-likeness (QED) is 0.711.